The Labute approximate surface area is 129 Å². The molecule has 0 radical (unpaired) electrons. The van der Waals surface area contributed by atoms with Crippen molar-refractivity contribution in [2.24, 2.45) is 0 Å². The molecular weight excluding hydrogens is 344 g/mol. The van der Waals surface area contributed by atoms with E-state index in [1.165, 1.54) is 0 Å². The van der Waals surface area contributed by atoms with Gasteiger partial charge in [-0.05, 0) is 47.1 Å². The maximum Gasteiger partial charge on any atom is 0.242 e. The molecule has 5 nitrogen and oxygen atoms in total. The van der Waals surface area contributed by atoms with Gasteiger partial charge in [0.25, 0.3) is 0 Å². The van der Waals surface area contributed by atoms with Gasteiger partial charge in [-0.15, -0.1) is 0 Å². The SMILES string of the molecule is CCC(COC)NS(=O)(=O)c1ccc(CNC)cc1Br. The minimum Gasteiger partial charge on any atom is -0.383 e. The summed E-state index contributed by atoms with van der Waals surface area (Å²) in [5, 5.41) is 3.03. The topological polar surface area (TPSA) is 67.4 Å². The van der Waals surface area contributed by atoms with Crippen LogP contribution in [-0.2, 0) is 21.3 Å². The predicted octanol–water partition coefficient (Wildman–Crippen LogP) is 1.87. The number of hydrogen-bond donors (Lipinski definition) is 2. The molecule has 0 amide bonds. The van der Waals surface area contributed by atoms with Crippen molar-refractivity contribution in [3.8, 4) is 0 Å². The Hall–Kier alpha value is -0.470. The lowest BCUT2D eigenvalue weighted by Crippen LogP contribution is -2.37. The van der Waals surface area contributed by atoms with Crippen molar-refractivity contribution in [1.82, 2.24) is 10.0 Å². The molecule has 2 N–H and O–H groups in total. The van der Waals surface area contributed by atoms with Crippen molar-refractivity contribution in [3.05, 3.63) is 28.2 Å². The standard InChI is InChI=1S/C13H21BrN2O3S/c1-4-11(9-19-3)16-20(17,18)13-6-5-10(8-15-2)7-12(13)14/h5-7,11,15-16H,4,8-9H2,1-3H3. The van der Waals surface area contributed by atoms with E-state index < -0.39 is 10.0 Å². The molecule has 0 fully saturated rings. The molecule has 0 saturated heterocycles. The Morgan fingerprint density at radius 3 is 2.60 bits per heavy atom. The first-order valence-corrected chi connectivity index (χ1v) is 8.66. The fraction of sp³-hybridized carbons (Fsp3) is 0.538. The largest absolute Gasteiger partial charge is 0.383 e. The molecule has 20 heavy (non-hydrogen) atoms. The van der Waals surface area contributed by atoms with Gasteiger partial charge >= 0.3 is 0 Å². The summed E-state index contributed by atoms with van der Waals surface area (Å²) in [5.41, 5.74) is 1.02. The number of sulfonamides is 1. The molecule has 1 aromatic rings. The van der Waals surface area contributed by atoms with Gasteiger partial charge in [0.05, 0.1) is 11.5 Å². The Kier molecular flexibility index (Phi) is 7.11. The average Bonchev–Trinajstić information content (AvgIpc) is 2.38. The second kappa shape index (κ2) is 8.09. The van der Waals surface area contributed by atoms with Crippen LogP contribution in [0.5, 0.6) is 0 Å². The predicted molar refractivity (Wildman–Crippen MR) is 83.2 cm³/mol. The normalized spacial score (nSPS) is 13.4. The summed E-state index contributed by atoms with van der Waals surface area (Å²) >= 11 is 3.33. The second-order valence-electron chi connectivity index (χ2n) is 4.48. The Balaban J connectivity index is 2.97. The van der Waals surface area contributed by atoms with Gasteiger partial charge in [-0.25, -0.2) is 13.1 Å². The molecule has 0 aliphatic carbocycles. The summed E-state index contributed by atoms with van der Waals surface area (Å²) in [6, 6.07) is 4.99. The Bertz CT molecular complexity index is 534. The molecule has 0 heterocycles. The smallest absolute Gasteiger partial charge is 0.242 e. The monoisotopic (exact) mass is 364 g/mol. The molecule has 7 heteroatoms. The maximum absolute atomic E-state index is 12.4. The van der Waals surface area contributed by atoms with Crippen LogP contribution in [0, 0.1) is 0 Å². The van der Waals surface area contributed by atoms with E-state index in [1.807, 2.05) is 20.0 Å². The molecule has 0 aliphatic rings. The Morgan fingerprint density at radius 2 is 2.10 bits per heavy atom. The zero-order valence-electron chi connectivity index (χ0n) is 11.9. The van der Waals surface area contributed by atoms with Crippen LogP contribution in [0.2, 0.25) is 0 Å². The third kappa shape index (κ3) is 4.82. The first-order chi connectivity index (χ1) is 9.44. The fourth-order valence-electron chi connectivity index (χ4n) is 1.80. The van der Waals surface area contributed by atoms with Crippen molar-refractivity contribution in [1.29, 1.82) is 0 Å². The number of nitrogens with one attached hydrogen (secondary N) is 2. The van der Waals surface area contributed by atoms with E-state index in [2.05, 4.69) is 26.0 Å². The van der Waals surface area contributed by atoms with Crippen LogP contribution in [0.4, 0.5) is 0 Å². The lowest BCUT2D eigenvalue weighted by atomic mass is 10.2. The van der Waals surface area contributed by atoms with Crippen molar-refractivity contribution in [3.63, 3.8) is 0 Å². The van der Waals surface area contributed by atoms with Gasteiger partial charge in [-0.1, -0.05) is 13.0 Å². The zero-order valence-corrected chi connectivity index (χ0v) is 14.3. The summed E-state index contributed by atoms with van der Waals surface area (Å²) in [6.07, 6.45) is 0.669. The highest BCUT2D eigenvalue weighted by Gasteiger charge is 2.21. The summed E-state index contributed by atoms with van der Waals surface area (Å²) in [7, 11) is -0.155. The van der Waals surface area contributed by atoms with Gasteiger partial charge in [0, 0.05) is 24.2 Å². The minimum atomic E-state index is -3.55. The molecule has 0 aromatic heterocycles. The highest BCUT2D eigenvalue weighted by Crippen LogP contribution is 2.23. The van der Waals surface area contributed by atoms with Gasteiger partial charge in [0.15, 0.2) is 0 Å². The van der Waals surface area contributed by atoms with E-state index in [9.17, 15) is 8.42 Å². The first kappa shape index (κ1) is 17.6. The van der Waals surface area contributed by atoms with Gasteiger partial charge < -0.3 is 10.1 Å². The van der Waals surface area contributed by atoms with Crippen molar-refractivity contribution in [2.45, 2.75) is 30.8 Å². The number of ether oxygens (including phenoxy) is 1. The number of hydrogen-bond acceptors (Lipinski definition) is 4. The molecule has 1 aromatic carbocycles. The molecule has 0 aliphatic heterocycles. The number of halogens is 1. The minimum absolute atomic E-state index is 0.228. The van der Waals surface area contributed by atoms with Crippen molar-refractivity contribution >= 4 is 26.0 Å². The van der Waals surface area contributed by atoms with E-state index >= 15 is 0 Å². The van der Waals surface area contributed by atoms with Crippen LogP contribution in [0.25, 0.3) is 0 Å². The highest BCUT2D eigenvalue weighted by molar-refractivity contribution is 9.10. The van der Waals surface area contributed by atoms with Crippen LogP contribution >= 0.6 is 15.9 Å². The first-order valence-electron chi connectivity index (χ1n) is 6.38. The summed E-state index contributed by atoms with van der Waals surface area (Å²) in [5.74, 6) is 0. The van der Waals surface area contributed by atoms with Crippen LogP contribution in [-0.4, -0.2) is 35.2 Å². The van der Waals surface area contributed by atoms with E-state index in [0.717, 1.165) is 5.56 Å². The summed E-state index contributed by atoms with van der Waals surface area (Å²) in [4.78, 5) is 0.243. The number of methoxy groups -OCH3 is 1. The highest BCUT2D eigenvalue weighted by atomic mass is 79.9. The number of benzene rings is 1. The van der Waals surface area contributed by atoms with Gasteiger partial charge in [0.1, 0.15) is 0 Å². The molecule has 0 saturated carbocycles. The summed E-state index contributed by atoms with van der Waals surface area (Å²) in [6.45, 7) is 2.95. The molecule has 114 valence electrons. The van der Waals surface area contributed by atoms with Crippen LogP contribution < -0.4 is 10.0 Å². The fourth-order valence-corrected chi connectivity index (χ4v) is 4.22. The van der Waals surface area contributed by atoms with E-state index in [0.29, 0.717) is 24.0 Å². The van der Waals surface area contributed by atoms with Gasteiger partial charge in [-0.3, -0.25) is 0 Å². The lowest BCUT2D eigenvalue weighted by Gasteiger charge is -2.17. The van der Waals surface area contributed by atoms with E-state index in [4.69, 9.17) is 4.74 Å². The second-order valence-corrected chi connectivity index (χ2v) is 7.01. The summed E-state index contributed by atoms with van der Waals surface area (Å²) < 4.78 is 32.9. The molecule has 1 unspecified atom stereocenters. The number of rotatable bonds is 8. The molecule has 1 rings (SSSR count). The average molecular weight is 365 g/mol. The maximum atomic E-state index is 12.4. The Morgan fingerprint density at radius 1 is 1.40 bits per heavy atom. The lowest BCUT2D eigenvalue weighted by molar-refractivity contribution is 0.173. The quantitative estimate of drug-likeness (QED) is 0.738. The molecular formula is C13H21BrN2O3S. The molecule has 0 spiro atoms. The van der Waals surface area contributed by atoms with Crippen LogP contribution in [0.15, 0.2) is 27.6 Å². The van der Waals surface area contributed by atoms with Crippen LogP contribution in [0.1, 0.15) is 18.9 Å². The molecule has 1 atom stereocenters. The van der Waals surface area contributed by atoms with E-state index in [1.54, 1.807) is 19.2 Å². The third-order valence-corrected chi connectivity index (χ3v) is 5.35. The van der Waals surface area contributed by atoms with Crippen molar-refractivity contribution in [2.75, 3.05) is 20.8 Å². The zero-order chi connectivity index (χ0) is 15.2. The van der Waals surface area contributed by atoms with Gasteiger partial charge in [-0.2, -0.15) is 0 Å². The van der Waals surface area contributed by atoms with Gasteiger partial charge in [0.2, 0.25) is 10.0 Å². The van der Waals surface area contributed by atoms with Crippen LogP contribution in [0.3, 0.4) is 0 Å². The van der Waals surface area contributed by atoms with E-state index in [-0.39, 0.29) is 10.9 Å². The van der Waals surface area contributed by atoms with Crippen molar-refractivity contribution < 1.29 is 13.2 Å². The third-order valence-electron chi connectivity index (χ3n) is 2.85. The molecule has 0 bridgehead atoms.